The third kappa shape index (κ3) is 6.27. The van der Waals surface area contributed by atoms with Gasteiger partial charge in [0.2, 0.25) is 17.4 Å². The molecule has 0 spiro atoms. The summed E-state index contributed by atoms with van der Waals surface area (Å²) in [5.74, 6) is -10.9. The second kappa shape index (κ2) is 14.5. The van der Waals surface area contributed by atoms with Crippen LogP contribution in [0.5, 0.6) is 11.5 Å². The van der Waals surface area contributed by atoms with Gasteiger partial charge in [0.1, 0.15) is 20.8 Å². The molecule has 63 heavy (non-hydrogen) atoms. The lowest BCUT2D eigenvalue weighted by molar-refractivity contribution is 0.346. The largest absolute Gasteiger partial charge is 0.744 e. The molecule has 0 aliphatic carbocycles. The molecule has 4 nitrogen and oxygen atoms in total. The van der Waals surface area contributed by atoms with E-state index in [9.17, 15) is 13.0 Å². The molecule has 0 radical (unpaired) electrons. The first-order chi connectivity index (χ1) is 30.5. The lowest BCUT2D eigenvalue weighted by atomic mass is 9.87. The SMILES string of the molecule is O=S(=O)([O-])c1c(F)c(F)c(Oc2c(-c3ccc4c(ccc5ccccc54)c3)cc(-c3cc4ccccc4c4ccccc34)cc2-c2ccc3ccc4ccccc4c3c2)c(F)c1F. The lowest BCUT2D eigenvalue weighted by Crippen LogP contribution is -2.11. The number of hydrogen-bond acceptors (Lipinski definition) is 4. The average molecular weight is 850 g/mol. The Kier molecular flexibility index (Phi) is 8.83. The van der Waals surface area contributed by atoms with Crippen LogP contribution in [0.4, 0.5) is 17.6 Å². The van der Waals surface area contributed by atoms with Gasteiger partial charge in [-0.05, 0) is 117 Å². The minimum Gasteiger partial charge on any atom is -0.744 e. The molecule has 0 saturated carbocycles. The van der Waals surface area contributed by atoms with Crippen molar-refractivity contribution in [1.82, 2.24) is 0 Å². The maximum atomic E-state index is 16.1. The molecule has 11 aromatic rings. The van der Waals surface area contributed by atoms with Crippen LogP contribution in [-0.4, -0.2) is 13.0 Å². The van der Waals surface area contributed by atoms with E-state index in [1.54, 1.807) is 0 Å². The Morgan fingerprint density at radius 3 is 1.40 bits per heavy atom. The molecule has 0 N–H and O–H groups in total. The third-order valence-electron chi connectivity index (χ3n) is 11.9. The van der Waals surface area contributed by atoms with Gasteiger partial charge in [-0.3, -0.25) is 0 Å². The fourth-order valence-electron chi connectivity index (χ4n) is 8.97. The monoisotopic (exact) mass is 849 g/mol. The molecule has 11 rings (SSSR count). The van der Waals surface area contributed by atoms with Gasteiger partial charge in [0.15, 0.2) is 11.6 Å². The van der Waals surface area contributed by atoms with Crippen molar-refractivity contribution in [3.8, 4) is 44.9 Å². The van der Waals surface area contributed by atoms with Crippen LogP contribution in [0, 0.1) is 23.3 Å². The molecule has 0 unspecified atom stereocenters. The lowest BCUT2D eigenvalue weighted by Gasteiger charge is -2.22. The Bertz CT molecular complexity index is 3840. The standard InChI is InChI=1S/C54H30F4O4S/c55-48-50(57)54(63(59,60)61)51(58)49(56)53(48)62-52-46(35-23-24-41-34(25-35)21-19-30-9-1-4-12-38(30)41)28-37(45-26-33-11-3-6-14-40(33)42-15-7-8-16-43(42)45)29-47(52)36-22-20-32-18-17-31-10-2-5-13-39(31)44(32)27-36/h1-29H,(H,59,60,61)/p-1. The molecule has 0 bridgehead atoms. The van der Waals surface area contributed by atoms with Crippen LogP contribution in [0.25, 0.3) is 98.0 Å². The molecule has 9 heteroatoms. The molecular formula is C54H29F4O4S-. The maximum absolute atomic E-state index is 16.1. The van der Waals surface area contributed by atoms with Crippen molar-refractivity contribution in [2.24, 2.45) is 0 Å². The molecule has 304 valence electrons. The van der Waals surface area contributed by atoms with Crippen molar-refractivity contribution in [3.05, 3.63) is 199 Å². The Morgan fingerprint density at radius 1 is 0.349 bits per heavy atom. The summed E-state index contributed by atoms with van der Waals surface area (Å²) in [6.07, 6.45) is 0. The van der Waals surface area contributed by atoms with Crippen LogP contribution in [0.15, 0.2) is 181 Å². The van der Waals surface area contributed by atoms with Gasteiger partial charge >= 0.3 is 0 Å². The van der Waals surface area contributed by atoms with Gasteiger partial charge in [-0.1, -0.05) is 146 Å². The first-order valence-corrected chi connectivity index (χ1v) is 21.4. The summed E-state index contributed by atoms with van der Waals surface area (Å²) in [7, 11) is -5.98. The number of benzene rings is 11. The highest BCUT2D eigenvalue weighted by molar-refractivity contribution is 7.85. The van der Waals surface area contributed by atoms with E-state index in [1.807, 2.05) is 164 Å². The highest BCUT2D eigenvalue weighted by atomic mass is 32.2. The van der Waals surface area contributed by atoms with Gasteiger partial charge in [0.05, 0.1) is 0 Å². The molecule has 11 aromatic carbocycles. The summed E-state index contributed by atoms with van der Waals surface area (Å²) in [6.45, 7) is 0. The van der Waals surface area contributed by atoms with Crippen LogP contribution >= 0.6 is 0 Å². The van der Waals surface area contributed by atoms with Gasteiger partial charge in [-0.15, -0.1) is 0 Å². The van der Waals surface area contributed by atoms with Crippen molar-refractivity contribution < 1.29 is 35.3 Å². The molecule has 0 aromatic heterocycles. The van der Waals surface area contributed by atoms with Gasteiger partial charge < -0.3 is 9.29 Å². The van der Waals surface area contributed by atoms with E-state index in [4.69, 9.17) is 4.74 Å². The van der Waals surface area contributed by atoms with E-state index in [2.05, 4.69) is 12.1 Å². The van der Waals surface area contributed by atoms with Crippen molar-refractivity contribution in [1.29, 1.82) is 0 Å². The number of hydrogen-bond donors (Lipinski definition) is 0. The molecule has 0 atom stereocenters. The smallest absolute Gasteiger partial charge is 0.205 e. The number of fused-ring (bicyclic) bond motifs is 9. The van der Waals surface area contributed by atoms with Gasteiger partial charge in [0, 0.05) is 11.1 Å². The van der Waals surface area contributed by atoms with E-state index in [0.717, 1.165) is 70.2 Å². The number of halogens is 4. The molecule has 0 heterocycles. The van der Waals surface area contributed by atoms with Crippen LogP contribution in [0.2, 0.25) is 0 Å². The first-order valence-electron chi connectivity index (χ1n) is 20.0. The number of rotatable bonds is 6. The quantitative estimate of drug-likeness (QED) is 0.0723. The normalized spacial score (nSPS) is 12.0. The van der Waals surface area contributed by atoms with Gasteiger partial charge in [-0.25, -0.2) is 17.2 Å². The van der Waals surface area contributed by atoms with Crippen molar-refractivity contribution >= 4 is 74.8 Å². The van der Waals surface area contributed by atoms with Crippen LogP contribution in [0.1, 0.15) is 0 Å². The molecule has 0 amide bonds. The second-order valence-electron chi connectivity index (χ2n) is 15.5. The van der Waals surface area contributed by atoms with Gasteiger partial charge in [-0.2, -0.15) is 8.78 Å². The Morgan fingerprint density at radius 2 is 0.778 bits per heavy atom. The van der Waals surface area contributed by atoms with Crippen LogP contribution in [-0.2, 0) is 10.1 Å². The van der Waals surface area contributed by atoms with E-state index in [1.165, 1.54) is 0 Å². The van der Waals surface area contributed by atoms with Gasteiger partial charge in [0.25, 0.3) is 0 Å². The van der Waals surface area contributed by atoms with Crippen molar-refractivity contribution in [2.45, 2.75) is 4.90 Å². The van der Waals surface area contributed by atoms with E-state index in [0.29, 0.717) is 27.8 Å². The third-order valence-corrected chi connectivity index (χ3v) is 12.8. The zero-order valence-corrected chi connectivity index (χ0v) is 33.6. The predicted molar refractivity (Wildman–Crippen MR) is 242 cm³/mol. The fraction of sp³-hybridized carbons (Fsp3) is 0. The summed E-state index contributed by atoms with van der Waals surface area (Å²) < 4.78 is 105. The molecule has 0 aliphatic heterocycles. The molecule has 0 saturated heterocycles. The molecule has 0 fully saturated rings. The zero-order valence-electron chi connectivity index (χ0n) is 32.8. The second-order valence-corrected chi connectivity index (χ2v) is 16.8. The minimum absolute atomic E-state index is 0.182. The molecular weight excluding hydrogens is 821 g/mol. The zero-order chi connectivity index (χ0) is 43.1. The van der Waals surface area contributed by atoms with E-state index in [-0.39, 0.29) is 5.75 Å². The van der Waals surface area contributed by atoms with E-state index < -0.39 is 44.0 Å². The summed E-state index contributed by atoms with van der Waals surface area (Å²) in [6, 6.07) is 56.8. The fourth-order valence-corrected chi connectivity index (χ4v) is 9.59. The minimum atomic E-state index is -5.98. The Balaban J connectivity index is 1.27. The van der Waals surface area contributed by atoms with Crippen LogP contribution in [0.3, 0.4) is 0 Å². The summed E-state index contributed by atoms with van der Waals surface area (Å²) in [5.41, 5.74) is 3.19. The first kappa shape index (κ1) is 38.3. The topological polar surface area (TPSA) is 66.4 Å². The number of ether oxygens (including phenoxy) is 1. The summed E-state index contributed by atoms with van der Waals surface area (Å²) in [4.78, 5) is -2.27. The average Bonchev–Trinajstić information content (AvgIpc) is 3.31. The highest BCUT2D eigenvalue weighted by Crippen LogP contribution is 2.49. The maximum Gasteiger partial charge on any atom is 0.205 e. The van der Waals surface area contributed by atoms with Crippen molar-refractivity contribution in [2.75, 3.05) is 0 Å². The Labute approximate surface area is 357 Å². The summed E-state index contributed by atoms with van der Waals surface area (Å²) >= 11 is 0. The van der Waals surface area contributed by atoms with Crippen LogP contribution < -0.4 is 4.74 Å². The van der Waals surface area contributed by atoms with E-state index >= 15 is 17.6 Å². The Hall–Kier alpha value is -7.59. The van der Waals surface area contributed by atoms with Crippen molar-refractivity contribution in [3.63, 3.8) is 0 Å². The highest BCUT2D eigenvalue weighted by Gasteiger charge is 2.32. The summed E-state index contributed by atoms with van der Waals surface area (Å²) in [5, 5.41) is 11.4. The molecule has 0 aliphatic rings. The predicted octanol–water partition coefficient (Wildman–Crippen LogP) is 14.9.